The first-order valence-corrected chi connectivity index (χ1v) is 11.4. The smallest absolute Gasteiger partial charge is 0.410 e. The number of halogens is 1. The molecule has 0 saturated carbocycles. The van der Waals surface area contributed by atoms with Gasteiger partial charge in [-0.2, -0.15) is 0 Å². The number of carbonyl (C=O) groups excluding carboxylic acids is 2. The van der Waals surface area contributed by atoms with Crippen LogP contribution in [0.1, 0.15) is 39.7 Å². The fourth-order valence-corrected chi connectivity index (χ4v) is 4.25. The second kappa shape index (κ2) is 10.6. The second-order valence-electron chi connectivity index (χ2n) is 9.86. The van der Waals surface area contributed by atoms with Crippen molar-refractivity contribution in [3.63, 3.8) is 0 Å². The summed E-state index contributed by atoms with van der Waals surface area (Å²) in [6.45, 7) is 10.5. The zero-order chi connectivity index (χ0) is 23.3. The molecule has 1 unspecified atom stereocenters. The highest BCUT2D eigenvalue weighted by Crippen LogP contribution is 2.22. The molecule has 3 rings (SSSR count). The molecule has 2 heterocycles. The maximum absolute atomic E-state index is 13.7. The van der Waals surface area contributed by atoms with E-state index in [1.165, 1.54) is 0 Å². The Morgan fingerprint density at radius 2 is 1.84 bits per heavy atom. The van der Waals surface area contributed by atoms with E-state index < -0.39 is 11.8 Å². The molecule has 1 aromatic rings. The van der Waals surface area contributed by atoms with Crippen molar-refractivity contribution in [3.05, 3.63) is 35.9 Å². The minimum atomic E-state index is -0.816. The summed E-state index contributed by atoms with van der Waals surface area (Å²) in [4.78, 5) is 31.2. The average molecular weight is 450 g/mol. The quantitative estimate of drug-likeness (QED) is 0.622. The largest absolute Gasteiger partial charge is 0.460 e. The Balaban J connectivity index is 1.64. The Kier molecular flexibility index (Phi) is 8.11. The second-order valence-corrected chi connectivity index (χ2v) is 9.86. The van der Waals surface area contributed by atoms with Crippen LogP contribution in [0.4, 0.5) is 9.18 Å². The minimum Gasteiger partial charge on any atom is -0.460 e. The van der Waals surface area contributed by atoms with E-state index >= 15 is 0 Å². The van der Waals surface area contributed by atoms with Crippen LogP contribution < -0.4 is 0 Å². The third-order valence-corrected chi connectivity index (χ3v) is 5.84. The third-order valence-electron chi connectivity index (χ3n) is 5.84. The summed E-state index contributed by atoms with van der Waals surface area (Å²) < 4.78 is 24.8. The molecule has 2 aliphatic heterocycles. The zero-order valence-corrected chi connectivity index (χ0v) is 19.6. The molecule has 7 nitrogen and oxygen atoms in total. The van der Waals surface area contributed by atoms with Crippen LogP contribution in [0.3, 0.4) is 0 Å². The number of carbonyl (C=O) groups is 2. The first kappa shape index (κ1) is 24.5. The normalized spacial score (nSPS) is 25.0. The molecule has 178 valence electrons. The highest BCUT2D eigenvalue weighted by atomic mass is 19.1. The van der Waals surface area contributed by atoms with Crippen LogP contribution in [0, 0.1) is 0 Å². The molecule has 0 N–H and O–H groups in total. The van der Waals surface area contributed by atoms with E-state index in [0.717, 1.165) is 5.56 Å². The van der Waals surface area contributed by atoms with Crippen LogP contribution in [-0.4, -0.2) is 89.9 Å². The lowest BCUT2D eigenvalue weighted by Gasteiger charge is -2.45. The van der Waals surface area contributed by atoms with Gasteiger partial charge in [-0.25, -0.2) is 9.18 Å². The number of nitrogens with zero attached hydrogens (tertiary/aromatic N) is 3. The molecule has 0 spiro atoms. The molecule has 32 heavy (non-hydrogen) atoms. The number of piperazine rings is 1. The highest BCUT2D eigenvalue weighted by Gasteiger charge is 2.38. The lowest BCUT2D eigenvalue weighted by Crippen LogP contribution is -2.62. The Hall–Kier alpha value is -2.19. The van der Waals surface area contributed by atoms with Gasteiger partial charge in [0, 0.05) is 44.8 Å². The number of amides is 1. The van der Waals surface area contributed by atoms with Gasteiger partial charge in [0.2, 0.25) is 0 Å². The van der Waals surface area contributed by atoms with Gasteiger partial charge < -0.3 is 14.4 Å². The summed E-state index contributed by atoms with van der Waals surface area (Å²) in [5, 5.41) is 0. The van der Waals surface area contributed by atoms with Gasteiger partial charge in [-0.05, 0) is 39.7 Å². The number of ether oxygens (including phenoxy) is 2. The van der Waals surface area contributed by atoms with E-state index in [9.17, 15) is 14.0 Å². The van der Waals surface area contributed by atoms with Gasteiger partial charge in [-0.15, -0.1) is 0 Å². The molecule has 2 aliphatic rings. The summed E-state index contributed by atoms with van der Waals surface area (Å²) >= 11 is 0. The van der Waals surface area contributed by atoms with Crippen molar-refractivity contribution in [2.24, 2.45) is 0 Å². The Morgan fingerprint density at radius 1 is 1.12 bits per heavy atom. The van der Waals surface area contributed by atoms with Gasteiger partial charge >= 0.3 is 12.1 Å². The van der Waals surface area contributed by atoms with Crippen LogP contribution >= 0.6 is 0 Å². The van der Waals surface area contributed by atoms with Crippen molar-refractivity contribution < 1.29 is 23.5 Å². The van der Waals surface area contributed by atoms with Crippen LogP contribution in [0.5, 0.6) is 0 Å². The van der Waals surface area contributed by atoms with Crippen molar-refractivity contribution in [1.29, 1.82) is 0 Å². The van der Waals surface area contributed by atoms with Gasteiger partial charge in [0.1, 0.15) is 18.4 Å². The molecule has 0 bridgehead atoms. The van der Waals surface area contributed by atoms with Gasteiger partial charge in [-0.3, -0.25) is 14.6 Å². The van der Waals surface area contributed by atoms with Gasteiger partial charge in [0.25, 0.3) is 0 Å². The number of rotatable bonds is 6. The van der Waals surface area contributed by atoms with Crippen molar-refractivity contribution in [2.75, 3.05) is 39.3 Å². The SMILES string of the molecule is C[C@@H]1CN(CC(=O)OCc2ccccc2)[C@@H](CN2CCC(F)C2)CN1C(=O)OC(C)(C)C. The molecular formula is C24H36FN3O4. The number of hydrogen-bond acceptors (Lipinski definition) is 6. The first-order valence-electron chi connectivity index (χ1n) is 11.4. The van der Waals surface area contributed by atoms with Crippen LogP contribution in [0.2, 0.25) is 0 Å². The lowest BCUT2D eigenvalue weighted by atomic mass is 10.1. The van der Waals surface area contributed by atoms with Crippen molar-refractivity contribution in [2.45, 2.75) is 64.6 Å². The van der Waals surface area contributed by atoms with E-state index in [-0.39, 0.29) is 37.3 Å². The molecular weight excluding hydrogens is 413 g/mol. The molecule has 2 saturated heterocycles. The number of benzene rings is 1. The van der Waals surface area contributed by atoms with Gasteiger partial charge in [0.05, 0.1) is 6.54 Å². The summed E-state index contributed by atoms with van der Waals surface area (Å²) in [6.07, 6.45) is -0.646. The number of hydrogen-bond donors (Lipinski definition) is 0. The monoisotopic (exact) mass is 449 g/mol. The zero-order valence-electron chi connectivity index (χ0n) is 19.6. The maximum Gasteiger partial charge on any atom is 0.410 e. The first-order chi connectivity index (χ1) is 15.1. The highest BCUT2D eigenvalue weighted by molar-refractivity contribution is 5.72. The fraction of sp³-hybridized carbons (Fsp3) is 0.667. The van der Waals surface area contributed by atoms with Crippen molar-refractivity contribution in [3.8, 4) is 0 Å². The standard InChI is InChI=1S/C24H36FN3O4/c1-18-12-27(16-22(29)31-17-19-8-6-5-7-9-19)21(14-26-11-10-20(25)13-26)15-28(18)23(30)32-24(2,3)4/h5-9,18,20-21H,10-17H2,1-4H3/t18-,20?,21+/m1/s1. The predicted octanol–water partition coefficient (Wildman–Crippen LogP) is 3.08. The van der Waals surface area contributed by atoms with E-state index in [0.29, 0.717) is 39.1 Å². The molecule has 3 atom stereocenters. The fourth-order valence-electron chi connectivity index (χ4n) is 4.25. The maximum atomic E-state index is 13.7. The molecule has 2 fully saturated rings. The molecule has 0 aromatic heterocycles. The Labute approximate surface area is 190 Å². The van der Waals surface area contributed by atoms with Gasteiger partial charge in [-0.1, -0.05) is 30.3 Å². The van der Waals surface area contributed by atoms with Crippen molar-refractivity contribution in [1.82, 2.24) is 14.7 Å². The molecule has 8 heteroatoms. The number of esters is 1. The summed E-state index contributed by atoms with van der Waals surface area (Å²) in [6, 6.07) is 9.35. The minimum absolute atomic E-state index is 0.103. The van der Waals surface area contributed by atoms with E-state index in [2.05, 4.69) is 9.80 Å². The van der Waals surface area contributed by atoms with Gasteiger partial charge in [0.15, 0.2) is 0 Å². The topological polar surface area (TPSA) is 62.3 Å². The lowest BCUT2D eigenvalue weighted by molar-refractivity contribution is -0.148. The van der Waals surface area contributed by atoms with Crippen LogP contribution in [0.15, 0.2) is 30.3 Å². The summed E-state index contributed by atoms with van der Waals surface area (Å²) in [7, 11) is 0. The van der Waals surface area contributed by atoms with E-state index in [1.54, 1.807) is 4.90 Å². The third kappa shape index (κ3) is 7.17. The van der Waals surface area contributed by atoms with E-state index in [4.69, 9.17) is 9.47 Å². The van der Waals surface area contributed by atoms with Crippen LogP contribution in [-0.2, 0) is 20.9 Å². The Bertz CT molecular complexity index is 770. The molecule has 1 aromatic carbocycles. The van der Waals surface area contributed by atoms with E-state index in [1.807, 2.05) is 58.0 Å². The Morgan fingerprint density at radius 3 is 2.47 bits per heavy atom. The summed E-state index contributed by atoms with van der Waals surface area (Å²) in [5.41, 5.74) is 0.354. The number of alkyl halides is 1. The summed E-state index contributed by atoms with van der Waals surface area (Å²) in [5.74, 6) is -0.304. The predicted molar refractivity (Wildman–Crippen MR) is 120 cm³/mol. The molecule has 0 radical (unpaired) electrons. The number of likely N-dealkylation sites (tertiary alicyclic amines) is 1. The van der Waals surface area contributed by atoms with Crippen LogP contribution in [0.25, 0.3) is 0 Å². The molecule has 1 amide bonds. The molecule has 0 aliphatic carbocycles. The van der Waals surface area contributed by atoms with Crippen molar-refractivity contribution >= 4 is 12.1 Å². The average Bonchev–Trinajstić information content (AvgIpc) is 3.12.